The lowest BCUT2D eigenvalue weighted by Crippen LogP contribution is -2.36. The largest absolute Gasteiger partial charge is 0.391 e. The van der Waals surface area contributed by atoms with Crippen molar-refractivity contribution in [3.05, 3.63) is 6.20 Å². The Kier molecular flexibility index (Phi) is 5.47. The predicted octanol–water partition coefficient (Wildman–Crippen LogP) is 2.02. The van der Waals surface area contributed by atoms with Crippen molar-refractivity contribution < 1.29 is 5.11 Å². The topological polar surface area (TPSA) is 99.1 Å². The molecule has 0 radical (unpaired) electrons. The van der Waals surface area contributed by atoms with Gasteiger partial charge in [0.25, 0.3) is 0 Å². The van der Waals surface area contributed by atoms with Crippen LogP contribution in [0.3, 0.4) is 0 Å². The molecule has 0 saturated heterocycles. The number of fused-ring (bicyclic) bond motifs is 1. The SMILES string of the molecule is CCCNc1nc(N(C)C)c2nc(N[C@@H]3CCCC[C@H]3O)ncc2n1. The van der Waals surface area contributed by atoms with E-state index in [1.54, 1.807) is 6.20 Å². The number of nitrogens with zero attached hydrogens (tertiary/aromatic N) is 5. The fourth-order valence-corrected chi connectivity index (χ4v) is 3.06. The van der Waals surface area contributed by atoms with Crippen LogP contribution < -0.4 is 15.5 Å². The Morgan fingerprint density at radius 3 is 2.68 bits per heavy atom. The van der Waals surface area contributed by atoms with Crippen molar-refractivity contribution in [1.82, 2.24) is 19.9 Å². The average Bonchev–Trinajstić information content (AvgIpc) is 2.61. The summed E-state index contributed by atoms with van der Waals surface area (Å²) in [6.45, 7) is 2.92. The first-order valence-electron chi connectivity index (χ1n) is 8.99. The number of rotatable bonds is 6. The van der Waals surface area contributed by atoms with Crippen LogP contribution in [-0.2, 0) is 0 Å². The molecule has 0 bridgehead atoms. The molecule has 8 heteroatoms. The molecule has 2 aromatic rings. The van der Waals surface area contributed by atoms with Gasteiger partial charge in [0.1, 0.15) is 11.0 Å². The maximum atomic E-state index is 10.1. The van der Waals surface area contributed by atoms with Crippen LogP contribution in [0.4, 0.5) is 17.7 Å². The van der Waals surface area contributed by atoms with Gasteiger partial charge in [-0.05, 0) is 19.3 Å². The highest BCUT2D eigenvalue weighted by Crippen LogP contribution is 2.25. The Hall–Kier alpha value is -2.22. The summed E-state index contributed by atoms with van der Waals surface area (Å²) in [5.74, 6) is 1.85. The summed E-state index contributed by atoms with van der Waals surface area (Å²) in [6, 6.07) is 0.000388. The molecule has 0 amide bonds. The van der Waals surface area contributed by atoms with Crippen molar-refractivity contribution >= 4 is 28.7 Å². The number of hydrogen-bond acceptors (Lipinski definition) is 8. The maximum Gasteiger partial charge on any atom is 0.225 e. The molecule has 3 N–H and O–H groups in total. The summed E-state index contributed by atoms with van der Waals surface area (Å²) in [5, 5.41) is 16.6. The summed E-state index contributed by atoms with van der Waals surface area (Å²) in [5.41, 5.74) is 1.40. The van der Waals surface area contributed by atoms with Gasteiger partial charge >= 0.3 is 0 Å². The highest BCUT2D eigenvalue weighted by molar-refractivity contribution is 5.86. The molecule has 2 atom stereocenters. The summed E-state index contributed by atoms with van der Waals surface area (Å²) in [6.07, 6.45) is 6.31. The van der Waals surface area contributed by atoms with Crippen molar-refractivity contribution in [3.8, 4) is 0 Å². The molecule has 1 saturated carbocycles. The molecule has 0 spiro atoms. The van der Waals surface area contributed by atoms with Gasteiger partial charge in [0.05, 0.1) is 18.3 Å². The van der Waals surface area contributed by atoms with Crippen molar-refractivity contribution in [3.63, 3.8) is 0 Å². The van der Waals surface area contributed by atoms with Gasteiger partial charge in [-0.2, -0.15) is 4.98 Å². The van der Waals surface area contributed by atoms with Crippen LogP contribution >= 0.6 is 0 Å². The third-order valence-corrected chi connectivity index (χ3v) is 4.42. The smallest absolute Gasteiger partial charge is 0.225 e. The van der Waals surface area contributed by atoms with Gasteiger partial charge in [-0.3, -0.25) is 0 Å². The average molecular weight is 345 g/mol. The Morgan fingerprint density at radius 2 is 1.96 bits per heavy atom. The van der Waals surface area contributed by atoms with Crippen LogP contribution in [0.25, 0.3) is 11.0 Å². The number of hydrogen-bond donors (Lipinski definition) is 3. The number of aliphatic hydroxyl groups excluding tert-OH is 1. The molecule has 0 aliphatic heterocycles. The fourth-order valence-electron chi connectivity index (χ4n) is 3.06. The number of anilines is 3. The van der Waals surface area contributed by atoms with Crippen molar-refractivity contribution in [2.75, 3.05) is 36.2 Å². The van der Waals surface area contributed by atoms with Crippen LogP contribution in [0.5, 0.6) is 0 Å². The normalized spacial score (nSPS) is 20.5. The Balaban J connectivity index is 1.91. The molecular formula is C17H27N7O. The van der Waals surface area contributed by atoms with Crippen molar-refractivity contribution in [2.24, 2.45) is 0 Å². The fraction of sp³-hybridized carbons (Fsp3) is 0.647. The second kappa shape index (κ2) is 7.77. The minimum Gasteiger partial charge on any atom is -0.391 e. The molecule has 2 aromatic heterocycles. The minimum atomic E-state index is -0.349. The molecule has 8 nitrogen and oxygen atoms in total. The summed E-state index contributed by atoms with van der Waals surface area (Å²) in [4.78, 5) is 20.0. The monoisotopic (exact) mass is 345 g/mol. The van der Waals surface area contributed by atoms with E-state index in [9.17, 15) is 5.11 Å². The van der Waals surface area contributed by atoms with E-state index in [0.717, 1.165) is 44.5 Å². The van der Waals surface area contributed by atoms with E-state index < -0.39 is 0 Å². The predicted molar refractivity (Wildman–Crippen MR) is 100 cm³/mol. The lowest BCUT2D eigenvalue weighted by atomic mass is 9.93. The first-order valence-corrected chi connectivity index (χ1v) is 8.99. The van der Waals surface area contributed by atoms with E-state index in [-0.39, 0.29) is 12.1 Å². The lowest BCUT2D eigenvalue weighted by Gasteiger charge is -2.28. The van der Waals surface area contributed by atoms with Crippen LogP contribution in [-0.4, -0.2) is 57.8 Å². The molecule has 2 heterocycles. The number of aromatic nitrogens is 4. The van der Waals surface area contributed by atoms with Crippen molar-refractivity contribution in [2.45, 2.75) is 51.2 Å². The second-order valence-corrected chi connectivity index (χ2v) is 6.72. The van der Waals surface area contributed by atoms with Gasteiger partial charge in [-0.1, -0.05) is 19.8 Å². The zero-order valence-corrected chi connectivity index (χ0v) is 15.2. The highest BCUT2D eigenvalue weighted by atomic mass is 16.3. The molecule has 0 aromatic carbocycles. The maximum absolute atomic E-state index is 10.1. The van der Waals surface area contributed by atoms with Crippen LogP contribution in [0.1, 0.15) is 39.0 Å². The van der Waals surface area contributed by atoms with Gasteiger partial charge < -0.3 is 20.6 Å². The van der Waals surface area contributed by atoms with Crippen LogP contribution in [0.15, 0.2) is 6.20 Å². The summed E-state index contributed by atoms with van der Waals surface area (Å²) in [7, 11) is 3.87. The van der Waals surface area contributed by atoms with Gasteiger partial charge in [-0.25, -0.2) is 15.0 Å². The minimum absolute atomic E-state index is 0.000388. The zero-order valence-electron chi connectivity index (χ0n) is 15.2. The third-order valence-electron chi connectivity index (χ3n) is 4.42. The van der Waals surface area contributed by atoms with Crippen LogP contribution in [0, 0.1) is 0 Å². The molecule has 0 unspecified atom stereocenters. The molecule has 136 valence electrons. The highest BCUT2D eigenvalue weighted by Gasteiger charge is 2.24. The van der Waals surface area contributed by atoms with Gasteiger partial charge in [0, 0.05) is 20.6 Å². The van der Waals surface area contributed by atoms with Gasteiger partial charge in [0.2, 0.25) is 11.9 Å². The first kappa shape index (κ1) is 17.6. The second-order valence-electron chi connectivity index (χ2n) is 6.72. The third kappa shape index (κ3) is 4.07. The Bertz CT molecular complexity index is 721. The van der Waals surface area contributed by atoms with Crippen molar-refractivity contribution in [1.29, 1.82) is 0 Å². The van der Waals surface area contributed by atoms with E-state index >= 15 is 0 Å². The standard InChI is InChI=1S/C17H27N7O/c1-4-9-18-16-21-12-10-19-17(20-11-7-5-6-8-13(11)25)22-14(12)15(23-16)24(2)3/h10-11,13,25H,4-9H2,1-3H3,(H,18,21,23)(H,19,20,22)/t11-,13-/m1/s1. The molecule has 25 heavy (non-hydrogen) atoms. The van der Waals surface area contributed by atoms with E-state index in [4.69, 9.17) is 0 Å². The van der Waals surface area contributed by atoms with E-state index in [0.29, 0.717) is 22.9 Å². The quantitative estimate of drug-likeness (QED) is 0.731. The number of nitrogens with one attached hydrogen (secondary N) is 2. The Morgan fingerprint density at radius 1 is 1.16 bits per heavy atom. The zero-order chi connectivity index (χ0) is 17.8. The summed E-state index contributed by atoms with van der Waals surface area (Å²) >= 11 is 0. The Labute approximate surface area is 148 Å². The van der Waals surface area contributed by atoms with Crippen LogP contribution in [0.2, 0.25) is 0 Å². The molecule has 3 rings (SSSR count). The van der Waals surface area contributed by atoms with Gasteiger partial charge in [0.15, 0.2) is 5.82 Å². The lowest BCUT2D eigenvalue weighted by molar-refractivity contribution is 0.116. The molecule has 1 aliphatic rings. The first-order chi connectivity index (χ1) is 12.1. The molecule has 1 aliphatic carbocycles. The summed E-state index contributed by atoms with van der Waals surface area (Å²) < 4.78 is 0. The van der Waals surface area contributed by atoms with E-state index in [2.05, 4.69) is 37.5 Å². The van der Waals surface area contributed by atoms with Gasteiger partial charge in [-0.15, -0.1) is 0 Å². The molecular weight excluding hydrogens is 318 g/mol. The van der Waals surface area contributed by atoms with E-state index in [1.807, 2.05) is 19.0 Å². The molecule has 1 fully saturated rings. The number of aliphatic hydroxyl groups is 1. The van der Waals surface area contributed by atoms with E-state index in [1.165, 1.54) is 0 Å².